The predicted molar refractivity (Wildman–Crippen MR) is 80.3 cm³/mol. The molecule has 17 heavy (non-hydrogen) atoms. The number of halogens is 2. The Balaban J connectivity index is 2.15. The van der Waals surface area contributed by atoms with Crippen molar-refractivity contribution in [2.75, 3.05) is 5.32 Å². The molecule has 0 aliphatic carbocycles. The van der Waals surface area contributed by atoms with Crippen LogP contribution in [0.1, 0.15) is 16.1 Å². The highest BCUT2D eigenvalue weighted by atomic mass is 127. The van der Waals surface area contributed by atoms with Crippen LogP contribution in [0.15, 0.2) is 34.9 Å². The number of rotatable bonds is 2. The van der Waals surface area contributed by atoms with Crippen LogP contribution in [0.25, 0.3) is 0 Å². The molecule has 1 heterocycles. The normalized spacial score (nSPS) is 10.3. The van der Waals surface area contributed by atoms with Crippen LogP contribution in [0, 0.1) is 10.5 Å². The number of aryl methyl sites for hydroxylation is 1. The molecule has 3 nitrogen and oxygen atoms in total. The average molecular weight is 405 g/mol. The third-order valence-electron chi connectivity index (χ3n) is 2.32. The van der Waals surface area contributed by atoms with E-state index in [4.69, 9.17) is 0 Å². The Hall–Kier alpha value is -0.820. The zero-order valence-electron chi connectivity index (χ0n) is 9.05. The van der Waals surface area contributed by atoms with Crippen molar-refractivity contribution in [1.29, 1.82) is 0 Å². The Morgan fingerprint density at radius 3 is 2.76 bits per heavy atom. The second-order valence-corrected chi connectivity index (χ2v) is 5.73. The van der Waals surface area contributed by atoms with Gasteiger partial charge in [0.15, 0.2) is 0 Å². The summed E-state index contributed by atoms with van der Waals surface area (Å²) in [4.78, 5) is 14.7. The first kappa shape index (κ1) is 12.6. The lowest BCUT2D eigenvalue weighted by Crippen LogP contribution is -2.12. The van der Waals surface area contributed by atoms with Crippen LogP contribution < -0.4 is 5.32 Å². The molecule has 0 spiro atoms. The van der Waals surface area contributed by atoms with Crippen LogP contribution >= 0.6 is 38.5 Å². The van der Waals surface area contributed by atoms with Crippen LogP contribution in [0.3, 0.4) is 0 Å². The van der Waals surface area contributed by atoms with Gasteiger partial charge in [0.2, 0.25) is 0 Å². The second-order valence-electron chi connectivity index (χ2n) is 3.65. The van der Waals surface area contributed by atoms with Crippen molar-refractivity contribution in [2.45, 2.75) is 6.92 Å². The third-order valence-corrected chi connectivity index (χ3v) is 3.94. The molecular weight excluding hydrogens is 395 g/mol. The zero-order valence-corrected chi connectivity index (χ0v) is 12.8. The van der Waals surface area contributed by atoms with Gasteiger partial charge >= 0.3 is 0 Å². The minimum absolute atomic E-state index is 0.143. The number of carbonyl (C=O) groups excluding carboxylic acids is 1. The summed E-state index contributed by atoms with van der Waals surface area (Å²) in [5.74, 6) is -0.143. The average Bonchev–Trinajstić information content (AvgIpc) is 2.70. The van der Waals surface area contributed by atoms with Crippen LogP contribution in [0.2, 0.25) is 0 Å². The number of aromatic amines is 1. The first-order chi connectivity index (χ1) is 8.06. The summed E-state index contributed by atoms with van der Waals surface area (Å²) in [7, 11) is 0. The molecule has 0 fully saturated rings. The molecule has 0 saturated carbocycles. The van der Waals surface area contributed by atoms with E-state index in [9.17, 15) is 4.79 Å². The standard InChI is InChI=1S/C12H10BrIN2O/c1-7-2-3-9(5-10(7)14)16-12(17)11-4-8(13)6-15-11/h2-6,15H,1H3,(H,16,17). The van der Waals surface area contributed by atoms with Crippen molar-refractivity contribution < 1.29 is 4.79 Å². The first-order valence-corrected chi connectivity index (χ1v) is 6.85. The number of aromatic nitrogens is 1. The third kappa shape index (κ3) is 3.10. The Bertz CT molecular complexity index is 565. The van der Waals surface area contributed by atoms with E-state index in [1.807, 2.05) is 25.1 Å². The molecule has 2 N–H and O–H groups in total. The number of anilines is 1. The van der Waals surface area contributed by atoms with E-state index in [2.05, 4.69) is 48.8 Å². The molecule has 2 rings (SSSR count). The monoisotopic (exact) mass is 404 g/mol. The Morgan fingerprint density at radius 1 is 1.41 bits per heavy atom. The van der Waals surface area contributed by atoms with Gasteiger partial charge in [-0.15, -0.1) is 0 Å². The molecule has 1 amide bonds. The summed E-state index contributed by atoms with van der Waals surface area (Å²) in [6.07, 6.45) is 1.73. The zero-order chi connectivity index (χ0) is 12.4. The van der Waals surface area contributed by atoms with Crippen LogP contribution in [0.5, 0.6) is 0 Å². The minimum atomic E-state index is -0.143. The maximum atomic E-state index is 11.9. The van der Waals surface area contributed by atoms with Crippen molar-refractivity contribution >= 4 is 50.1 Å². The van der Waals surface area contributed by atoms with Gasteiger partial charge in [-0.05, 0) is 69.2 Å². The molecule has 0 unspecified atom stereocenters. The molecule has 0 saturated heterocycles. The van der Waals surface area contributed by atoms with Crippen molar-refractivity contribution in [2.24, 2.45) is 0 Å². The van der Waals surface area contributed by atoms with E-state index in [-0.39, 0.29) is 5.91 Å². The van der Waals surface area contributed by atoms with Gasteiger partial charge in [0, 0.05) is 19.9 Å². The SMILES string of the molecule is Cc1ccc(NC(=O)c2cc(Br)c[nH]2)cc1I. The summed E-state index contributed by atoms with van der Waals surface area (Å²) in [6, 6.07) is 7.58. The van der Waals surface area contributed by atoms with Crippen molar-refractivity contribution in [3.05, 3.63) is 49.8 Å². The maximum absolute atomic E-state index is 11.9. The molecular formula is C12H10BrIN2O. The van der Waals surface area contributed by atoms with Gasteiger partial charge < -0.3 is 10.3 Å². The minimum Gasteiger partial charge on any atom is -0.356 e. The molecule has 5 heteroatoms. The summed E-state index contributed by atoms with van der Waals surface area (Å²) in [5, 5.41) is 2.84. The highest BCUT2D eigenvalue weighted by Crippen LogP contribution is 2.18. The quantitative estimate of drug-likeness (QED) is 0.731. The van der Waals surface area contributed by atoms with Gasteiger partial charge in [0.25, 0.3) is 5.91 Å². The van der Waals surface area contributed by atoms with Crippen molar-refractivity contribution in [1.82, 2.24) is 4.98 Å². The van der Waals surface area contributed by atoms with Crippen LogP contribution in [-0.4, -0.2) is 10.9 Å². The highest BCUT2D eigenvalue weighted by molar-refractivity contribution is 14.1. The maximum Gasteiger partial charge on any atom is 0.272 e. The molecule has 1 aromatic heterocycles. The molecule has 0 aliphatic heterocycles. The molecule has 0 radical (unpaired) electrons. The van der Waals surface area contributed by atoms with Crippen LogP contribution in [0.4, 0.5) is 5.69 Å². The van der Waals surface area contributed by atoms with E-state index in [1.165, 1.54) is 5.56 Å². The van der Waals surface area contributed by atoms with Gasteiger partial charge in [0.05, 0.1) is 0 Å². The summed E-state index contributed by atoms with van der Waals surface area (Å²) in [6.45, 7) is 2.04. The number of amides is 1. The van der Waals surface area contributed by atoms with Gasteiger partial charge in [-0.1, -0.05) is 6.07 Å². The van der Waals surface area contributed by atoms with Gasteiger partial charge in [-0.2, -0.15) is 0 Å². The number of hydrogen-bond donors (Lipinski definition) is 2. The summed E-state index contributed by atoms with van der Waals surface area (Å²) >= 11 is 5.54. The number of H-pyrrole nitrogens is 1. The summed E-state index contributed by atoms with van der Waals surface area (Å²) < 4.78 is 1.99. The Kier molecular flexibility index (Phi) is 3.88. The topological polar surface area (TPSA) is 44.9 Å². The van der Waals surface area contributed by atoms with E-state index < -0.39 is 0 Å². The van der Waals surface area contributed by atoms with Crippen LogP contribution in [-0.2, 0) is 0 Å². The van der Waals surface area contributed by atoms with E-state index >= 15 is 0 Å². The lowest BCUT2D eigenvalue weighted by molar-refractivity contribution is 0.102. The fraction of sp³-hybridized carbons (Fsp3) is 0.0833. The number of nitrogens with one attached hydrogen (secondary N) is 2. The Labute approximate surface area is 121 Å². The largest absolute Gasteiger partial charge is 0.356 e. The Morgan fingerprint density at radius 2 is 2.18 bits per heavy atom. The van der Waals surface area contributed by atoms with E-state index in [0.717, 1.165) is 13.7 Å². The fourth-order valence-electron chi connectivity index (χ4n) is 1.37. The van der Waals surface area contributed by atoms with Crippen molar-refractivity contribution in [3.8, 4) is 0 Å². The summed E-state index contributed by atoms with van der Waals surface area (Å²) in [5.41, 5.74) is 2.54. The molecule has 0 aliphatic rings. The van der Waals surface area contributed by atoms with Gasteiger partial charge in [-0.25, -0.2) is 0 Å². The first-order valence-electron chi connectivity index (χ1n) is 4.97. The predicted octanol–water partition coefficient (Wildman–Crippen LogP) is 3.94. The molecule has 2 aromatic rings. The highest BCUT2D eigenvalue weighted by Gasteiger charge is 2.08. The lowest BCUT2D eigenvalue weighted by Gasteiger charge is -2.05. The second kappa shape index (κ2) is 5.22. The van der Waals surface area contributed by atoms with E-state index in [1.54, 1.807) is 12.3 Å². The fourth-order valence-corrected chi connectivity index (χ4v) is 2.23. The molecule has 0 atom stereocenters. The van der Waals surface area contributed by atoms with Crippen molar-refractivity contribution in [3.63, 3.8) is 0 Å². The van der Waals surface area contributed by atoms with E-state index in [0.29, 0.717) is 5.69 Å². The number of benzene rings is 1. The van der Waals surface area contributed by atoms with Gasteiger partial charge in [-0.3, -0.25) is 4.79 Å². The smallest absolute Gasteiger partial charge is 0.272 e. The number of hydrogen-bond acceptors (Lipinski definition) is 1. The number of carbonyl (C=O) groups is 1. The van der Waals surface area contributed by atoms with Gasteiger partial charge in [0.1, 0.15) is 5.69 Å². The molecule has 1 aromatic carbocycles. The molecule has 88 valence electrons. The lowest BCUT2D eigenvalue weighted by atomic mass is 10.2. The molecule has 0 bridgehead atoms.